The predicted octanol–water partition coefficient (Wildman–Crippen LogP) is 3.86. The van der Waals surface area contributed by atoms with Gasteiger partial charge in [-0.25, -0.2) is 4.98 Å². The van der Waals surface area contributed by atoms with Gasteiger partial charge in [-0.05, 0) is 31.2 Å². The van der Waals surface area contributed by atoms with E-state index in [-0.39, 0.29) is 0 Å². The fraction of sp³-hybridized carbons (Fsp3) is 0.500. The lowest BCUT2D eigenvalue weighted by atomic mass is 10.2. The number of hydrogen-bond acceptors (Lipinski definition) is 6. The highest BCUT2D eigenvalue weighted by Crippen LogP contribution is 2.23. The number of morpholine rings is 1. The highest BCUT2D eigenvalue weighted by atomic mass is 32.1. The molecule has 1 aliphatic heterocycles. The van der Waals surface area contributed by atoms with Gasteiger partial charge in [0.2, 0.25) is 5.13 Å². The minimum Gasteiger partial charge on any atom is -0.370 e. The van der Waals surface area contributed by atoms with E-state index >= 15 is 0 Å². The molecule has 2 aromatic rings. The Morgan fingerprint density at radius 1 is 1.20 bits per heavy atom. The van der Waals surface area contributed by atoms with Crippen LogP contribution in [-0.2, 0) is 4.74 Å². The van der Waals surface area contributed by atoms with E-state index in [2.05, 4.69) is 46.2 Å². The molecule has 1 fully saturated rings. The Balaban J connectivity index is 1.59. The number of hydrogen-bond donors (Lipinski definition) is 0. The molecule has 3 rings (SSSR count). The molecular weight excluding hydrogens is 334 g/mol. The maximum absolute atomic E-state index is 5.49. The van der Waals surface area contributed by atoms with Crippen molar-refractivity contribution in [2.75, 3.05) is 57.9 Å². The van der Waals surface area contributed by atoms with E-state index < -0.39 is 0 Å². The zero-order valence-electron chi connectivity index (χ0n) is 15.0. The molecule has 0 saturated carbocycles. The van der Waals surface area contributed by atoms with Crippen molar-refractivity contribution in [2.45, 2.75) is 6.92 Å². The lowest BCUT2D eigenvalue weighted by Crippen LogP contribution is -2.54. The second-order valence-electron chi connectivity index (χ2n) is 6.51. The van der Waals surface area contributed by atoms with E-state index in [1.807, 2.05) is 17.5 Å². The van der Waals surface area contributed by atoms with Gasteiger partial charge in [0, 0.05) is 23.8 Å². The SMILES string of the molecule is CCN(CC[N+]1(C)CCOCC1)c1ccc(N=Nc2nccs2)cc1. The summed E-state index contributed by atoms with van der Waals surface area (Å²) < 4.78 is 6.59. The third-order valence-corrected chi connectivity index (χ3v) is 5.38. The van der Waals surface area contributed by atoms with E-state index in [9.17, 15) is 0 Å². The van der Waals surface area contributed by atoms with E-state index in [0.717, 1.165) is 56.1 Å². The second-order valence-corrected chi connectivity index (χ2v) is 7.39. The van der Waals surface area contributed by atoms with Crippen molar-refractivity contribution in [3.63, 3.8) is 0 Å². The first-order valence-electron chi connectivity index (χ1n) is 8.76. The molecule has 7 heteroatoms. The van der Waals surface area contributed by atoms with Gasteiger partial charge in [-0.15, -0.1) is 21.6 Å². The summed E-state index contributed by atoms with van der Waals surface area (Å²) in [6.45, 7) is 9.35. The lowest BCUT2D eigenvalue weighted by molar-refractivity contribution is -0.915. The van der Waals surface area contributed by atoms with Gasteiger partial charge in [-0.1, -0.05) is 0 Å². The van der Waals surface area contributed by atoms with Crippen LogP contribution in [0.4, 0.5) is 16.5 Å². The van der Waals surface area contributed by atoms with Gasteiger partial charge in [0.1, 0.15) is 13.1 Å². The van der Waals surface area contributed by atoms with Crippen LogP contribution < -0.4 is 4.90 Å². The van der Waals surface area contributed by atoms with Crippen LogP contribution in [0.1, 0.15) is 6.92 Å². The first kappa shape index (κ1) is 18.0. The molecule has 1 aromatic carbocycles. The second kappa shape index (κ2) is 8.51. The number of likely N-dealkylation sites (N-methyl/N-ethyl adjacent to an activating group) is 2. The zero-order valence-corrected chi connectivity index (χ0v) is 15.8. The smallest absolute Gasteiger partial charge is 0.229 e. The van der Waals surface area contributed by atoms with Crippen LogP contribution in [0.5, 0.6) is 0 Å². The van der Waals surface area contributed by atoms with Crippen molar-refractivity contribution in [1.29, 1.82) is 0 Å². The fourth-order valence-corrected chi connectivity index (χ4v) is 3.39. The van der Waals surface area contributed by atoms with E-state index in [1.54, 1.807) is 6.20 Å². The fourth-order valence-electron chi connectivity index (χ4n) is 2.94. The van der Waals surface area contributed by atoms with Crippen LogP contribution in [-0.4, -0.2) is 62.5 Å². The van der Waals surface area contributed by atoms with Crippen LogP contribution in [0.3, 0.4) is 0 Å². The number of azo groups is 1. The Kier molecular flexibility index (Phi) is 6.12. The monoisotopic (exact) mass is 360 g/mol. The minimum atomic E-state index is 0.682. The van der Waals surface area contributed by atoms with Gasteiger partial charge in [0.25, 0.3) is 0 Å². The van der Waals surface area contributed by atoms with E-state index in [0.29, 0.717) is 5.13 Å². The molecule has 0 unspecified atom stereocenters. The molecule has 0 atom stereocenters. The van der Waals surface area contributed by atoms with Gasteiger partial charge in [-0.2, -0.15) is 0 Å². The number of ether oxygens (including phenoxy) is 1. The van der Waals surface area contributed by atoms with Crippen molar-refractivity contribution in [2.24, 2.45) is 10.2 Å². The minimum absolute atomic E-state index is 0.682. The summed E-state index contributed by atoms with van der Waals surface area (Å²) in [6.07, 6.45) is 1.73. The molecule has 134 valence electrons. The molecule has 0 spiro atoms. The Morgan fingerprint density at radius 2 is 1.96 bits per heavy atom. The summed E-state index contributed by atoms with van der Waals surface area (Å²) >= 11 is 1.48. The maximum atomic E-state index is 5.49. The Hall–Kier alpha value is -1.83. The number of anilines is 1. The summed E-state index contributed by atoms with van der Waals surface area (Å²) in [6, 6.07) is 8.28. The number of quaternary nitrogens is 1. The molecule has 0 amide bonds. The van der Waals surface area contributed by atoms with Gasteiger partial charge in [-0.3, -0.25) is 0 Å². The zero-order chi connectivity index (χ0) is 17.5. The molecule has 0 radical (unpaired) electrons. The average Bonchev–Trinajstić information content (AvgIpc) is 3.16. The summed E-state index contributed by atoms with van der Waals surface area (Å²) in [7, 11) is 2.33. The Morgan fingerprint density at radius 3 is 2.60 bits per heavy atom. The first-order chi connectivity index (χ1) is 12.2. The normalized spacial score (nSPS) is 17.0. The summed E-state index contributed by atoms with van der Waals surface area (Å²) in [4.78, 5) is 6.52. The molecule has 2 heterocycles. The number of benzene rings is 1. The third-order valence-electron chi connectivity index (χ3n) is 4.73. The van der Waals surface area contributed by atoms with Crippen LogP contribution in [0.15, 0.2) is 46.1 Å². The molecule has 0 aliphatic carbocycles. The largest absolute Gasteiger partial charge is 0.370 e. The van der Waals surface area contributed by atoms with Crippen molar-refractivity contribution < 1.29 is 9.22 Å². The number of nitrogens with zero attached hydrogens (tertiary/aromatic N) is 5. The third kappa shape index (κ3) is 5.07. The van der Waals surface area contributed by atoms with Crippen molar-refractivity contribution >= 4 is 27.8 Å². The van der Waals surface area contributed by atoms with Crippen LogP contribution in [0, 0.1) is 0 Å². The molecular formula is C18H26N5OS+. The molecule has 1 aromatic heterocycles. The van der Waals surface area contributed by atoms with Crippen LogP contribution >= 0.6 is 11.3 Å². The standard InChI is InChI=1S/C18H26N5OS/c1-3-22(9-10-23(2)11-13-24-14-12-23)17-6-4-16(5-7-17)20-21-18-19-8-15-25-18/h4-8,15H,3,9-14H2,1-2H3/q+1. The highest BCUT2D eigenvalue weighted by Gasteiger charge is 2.25. The van der Waals surface area contributed by atoms with Crippen molar-refractivity contribution in [3.8, 4) is 0 Å². The molecule has 0 bridgehead atoms. The molecule has 25 heavy (non-hydrogen) atoms. The lowest BCUT2D eigenvalue weighted by Gasteiger charge is -2.39. The van der Waals surface area contributed by atoms with Crippen molar-refractivity contribution in [1.82, 2.24) is 4.98 Å². The van der Waals surface area contributed by atoms with E-state index in [4.69, 9.17) is 4.74 Å². The molecule has 1 saturated heterocycles. The summed E-state index contributed by atoms with van der Waals surface area (Å²) in [5, 5.41) is 11.0. The molecule has 0 N–H and O–H groups in total. The van der Waals surface area contributed by atoms with Crippen molar-refractivity contribution in [3.05, 3.63) is 35.8 Å². The van der Waals surface area contributed by atoms with Crippen LogP contribution in [0.25, 0.3) is 0 Å². The van der Waals surface area contributed by atoms with Gasteiger partial charge < -0.3 is 14.1 Å². The van der Waals surface area contributed by atoms with Gasteiger partial charge in [0.15, 0.2) is 0 Å². The quantitative estimate of drug-likeness (QED) is 0.556. The Labute approximate surface area is 153 Å². The highest BCUT2D eigenvalue weighted by molar-refractivity contribution is 7.13. The topological polar surface area (TPSA) is 50.1 Å². The molecule has 6 nitrogen and oxygen atoms in total. The van der Waals surface area contributed by atoms with E-state index in [1.165, 1.54) is 17.0 Å². The molecule has 1 aliphatic rings. The first-order valence-corrected chi connectivity index (χ1v) is 9.64. The number of thiazole rings is 1. The average molecular weight is 361 g/mol. The summed E-state index contributed by atoms with van der Waals surface area (Å²) in [5.74, 6) is 0. The van der Waals surface area contributed by atoms with Crippen LogP contribution in [0.2, 0.25) is 0 Å². The Bertz CT molecular complexity index is 665. The maximum Gasteiger partial charge on any atom is 0.229 e. The predicted molar refractivity (Wildman–Crippen MR) is 102 cm³/mol. The number of rotatable bonds is 7. The number of aromatic nitrogens is 1. The van der Waals surface area contributed by atoms with Gasteiger partial charge >= 0.3 is 0 Å². The van der Waals surface area contributed by atoms with Gasteiger partial charge in [0.05, 0.1) is 39.0 Å². The summed E-state index contributed by atoms with van der Waals surface area (Å²) in [5.41, 5.74) is 2.08.